The summed E-state index contributed by atoms with van der Waals surface area (Å²) in [6.45, 7) is 0.287. The van der Waals surface area contributed by atoms with Crippen LogP contribution in [0.15, 0.2) is 59.8 Å². The van der Waals surface area contributed by atoms with E-state index in [-0.39, 0.29) is 23.1 Å². The van der Waals surface area contributed by atoms with Crippen LogP contribution in [0, 0.1) is 0 Å². The lowest BCUT2D eigenvalue weighted by molar-refractivity contribution is 0.601. The highest BCUT2D eigenvalue weighted by Crippen LogP contribution is 2.25. The van der Waals surface area contributed by atoms with Crippen LogP contribution in [0.2, 0.25) is 5.02 Å². The van der Waals surface area contributed by atoms with E-state index in [1.54, 1.807) is 42.1 Å². The van der Waals surface area contributed by atoms with Crippen LogP contribution < -0.4 is 10.0 Å². The molecule has 0 saturated heterocycles. The van der Waals surface area contributed by atoms with Crippen molar-refractivity contribution in [1.29, 1.82) is 0 Å². The molecule has 0 unspecified atom stereocenters. The van der Waals surface area contributed by atoms with E-state index < -0.39 is 10.0 Å². The predicted octanol–water partition coefficient (Wildman–Crippen LogP) is 2.82. The van der Waals surface area contributed by atoms with Gasteiger partial charge in [-0.3, -0.25) is 9.40 Å². The van der Waals surface area contributed by atoms with E-state index in [1.165, 1.54) is 18.5 Å². The van der Waals surface area contributed by atoms with E-state index in [0.717, 1.165) is 0 Å². The Hall–Kier alpha value is -3.24. The smallest absolute Gasteiger partial charge is 0.263 e. The van der Waals surface area contributed by atoms with Gasteiger partial charge in [-0.1, -0.05) is 29.8 Å². The molecule has 4 aromatic rings. The Morgan fingerprint density at radius 1 is 1.03 bits per heavy atom. The molecule has 0 saturated carbocycles. The van der Waals surface area contributed by atoms with Gasteiger partial charge in [0.25, 0.3) is 10.0 Å². The third kappa shape index (κ3) is 4.13. The van der Waals surface area contributed by atoms with Gasteiger partial charge in [0.1, 0.15) is 12.2 Å². The van der Waals surface area contributed by atoms with Crippen molar-refractivity contribution in [1.82, 2.24) is 24.7 Å². The number of anilines is 2. The van der Waals surface area contributed by atoms with Gasteiger partial charge in [-0.15, -0.1) is 0 Å². The highest BCUT2D eigenvalue weighted by atomic mass is 35.5. The highest BCUT2D eigenvalue weighted by molar-refractivity contribution is 7.92. The Labute approximate surface area is 171 Å². The van der Waals surface area contributed by atoms with Crippen LogP contribution in [-0.2, 0) is 23.6 Å². The molecule has 0 fully saturated rings. The summed E-state index contributed by atoms with van der Waals surface area (Å²) < 4.78 is 29.8. The van der Waals surface area contributed by atoms with Gasteiger partial charge in [0.05, 0.1) is 22.5 Å². The summed E-state index contributed by atoms with van der Waals surface area (Å²) in [6.07, 6.45) is 1.44. The average Bonchev–Trinajstić information content (AvgIpc) is 3.11. The Morgan fingerprint density at radius 2 is 1.76 bits per heavy atom. The van der Waals surface area contributed by atoms with E-state index >= 15 is 0 Å². The SMILES string of the molecule is Cn1ncnc1CNc1nc2ccccc2nc1NS(=O)(=O)c1cccc(Cl)c1. The monoisotopic (exact) mass is 429 g/mol. The van der Waals surface area contributed by atoms with E-state index in [9.17, 15) is 8.42 Å². The Kier molecular flexibility index (Phi) is 5.03. The van der Waals surface area contributed by atoms with Crippen molar-refractivity contribution in [3.8, 4) is 0 Å². The molecule has 0 amide bonds. The summed E-state index contributed by atoms with van der Waals surface area (Å²) in [6, 6.07) is 13.2. The van der Waals surface area contributed by atoms with Crippen LogP contribution >= 0.6 is 11.6 Å². The van der Waals surface area contributed by atoms with Gasteiger partial charge in [0, 0.05) is 12.1 Å². The van der Waals surface area contributed by atoms with Crippen molar-refractivity contribution in [2.24, 2.45) is 7.05 Å². The van der Waals surface area contributed by atoms with Crippen molar-refractivity contribution in [2.45, 2.75) is 11.4 Å². The first-order valence-corrected chi connectivity index (χ1v) is 10.4. The number of nitrogens with one attached hydrogen (secondary N) is 2. The van der Waals surface area contributed by atoms with Gasteiger partial charge >= 0.3 is 0 Å². The maximum Gasteiger partial charge on any atom is 0.263 e. The number of halogens is 1. The first-order valence-electron chi connectivity index (χ1n) is 8.54. The van der Waals surface area contributed by atoms with Crippen LogP contribution in [0.1, 0.15) is 5.82 Å². The number of aryl methyl sites for hydroxylation is 1. The number of aromatic nitrogens is 5. The lowest BCUT2D eigenvalue weighted by Crippen LogP contribution is -2.17. The molecule has 0 radical (unpaired) electrons. The van der Waals surface area contributed by atoms with E-state index in [0.29, 0.717) is 21.9 Å². The highest BCUT2D eigenvalue weighted by Gasteiger charge is 2.19. The number of fused-ring (bicyclic) bond motifs is 1. The summed E-state index contributed by atoms with van der Waals surface area (Å²) in [5.41, 5.74) is 1.18. The predicted molar refractivity (Wildman–Crippen MR) is 110 cm³/mol. The van der Waals surface area contributed by atoms with Gasteiger partial charge in [0.15, 0.2) is 11.6 Å². The van der Waals surface area contributed by atoms with Crippen LogP contribution in [0.3, 0.4) is 0 Å². The zero-order chi connectivity index (χ0) is 20.4. The number of hydrogen-bond acceptors (Lipinski definition) is 7. The standard InChI is InChI=1S/C18H16ClN7O2S/c1-26-16(21-11-22-26)10-20-17-18(24-15-8-3-2-7-14(15)23-17)25-29(27,28)13-6-4-5-12(19)9-13/h2-9,11H,10H2,1H3,(H,20,23)(H,24,25). The number of nitrogens with zero attached hydrogens (tertiary/aromatic N) is 5. The fourth-order valence-corrected chi connectivity index (χ4v) is 3.97. The maximum atomic E-state index is 12.8. The third-order valence-electron chi connectivity index (χ3n) is 4.13. The van der Waals surface area contributed by atoms with Gasteiger partial charge in [-0.05, 0) is 30.3 Å². The summed E-state index contributed by atoms with van der Waals surface area (Å²) >= 11 is 5.94. The number of sulfonamides is 1. The molecule has 2 heterocycles. The topological polar surface area (TPSA) is 115 Å². The second kappa shape index (κ2) is 7.64. The van der Waals surface area contributed by atoms with Gasteiger partial charge in [-0.25, -0.2) is 23.4 Å². The minimum atomic E-state index is -3.92. The minimum absolute atomic E-state index is 0.0270. The quantitative estimate of drug-likeness (QED) is 0.484. The molecule has 0 aliphatic rings. The van der Waals surface area contributed by atoms with Crippen LogP contribution in [0.4, 0.5) is 11.6 Å². The number of rotatable bonds is 6. The Balaban J connectivity index is 1.72. The minimum Gasteiger partial charge on any atom is -0.360 e. The van der Waals surface area contributed by atoms with Crippen molar-refractivity contribution in [3.05, 3.63) is 65.7 Å². The summed E-state index contributed by atoms with van der Waals surface area (Å²) in [4.78, 5) is 13.1. The average molecular weight is 430 g/mol. The Bertz CT molecular complexity index is 1290. The van der Waals surface area contributed by atoms with Crippen LogP contribution in [-0.4, -0.2) is 33.2 Å². The second-order valence-electron chi connectivity index (χ2n) is 6.13. The van der Waals surface area contributed by atoms with Gasteiger partial charge < -0.3 is 5.32 Å². The lowest BCUT2D eigenvalue weighted by atomic mass is 10.3. The normalized spacial score (nSPS) is 11.5. The molecule has 9 nitrogen and oxygen atoms in total. The zero-order valence-corrected chi connectivity index (χ0v) is 16.8. The fourth-order valence-electron chi connectivity index (χ4n) is 2.66. The van der Waals surface area contributed by atoms with Crippen molar-refractivity contribution >= 4 is 44.3 Å². The largest absolute Gasteiger partial charge is 0.360 e. The van der Waals surface area contributed by atoms with Crippen LogP contribution in [0.25, 0.3) is 11.0 Å². The van der Waals surface area contributed by atoms with E-state index in [1.807, 2.05) is 6.07 Å². The van der Waals surface area contributed by atoms with E-state index in [2.05, 4.69) is 30.1 Å². The molecular formula is C18H16ClN7O2S. The summed E-state index contributed by atoms with van der Waals surface area (Å²) in [5.74, 6) is 1.01. The van der Waals surface area contributed by atoms with E-state index in [4.69, 9.17) is 11.6 Å². The molecule has 2 aromatic carbocycles. The van der Waals surface area contributed by atoms with Gasteiger partial charge in [0.2, 0.25) is 0 Å². The molecule has 0 bridgehead atoms. The third-order valence-corrected chi connectivity index (χ3v) is 5.70. The number of hydrogen-bond donors (Lipinski definition) is 2. The van der Waals surface area contributed by atoms with Crippen molar-refractivity contribution in [2.75, 3.05) is 10.0 Å². The first kappa shape index (κ1) is 19.1. The summed E-state index contributed by atoms with van der Waals surface area (Å²) in [5, 5.41) is 7.42. The summed E-state index contributed by atoms with van der Waals surface area (Å²) in [7, 11) is -2.15. The second-order valence-corrected chi connectivity index (χ2v) is 8.24. The Morgan fingerprint density at radius 3 is 2.41 bits per heavy atom. The molecule has 4 rings (SSSR count). The molecule has 148 valence electrons. The molecule has 11 heteroatoms. The fraction of sp³-hybridized carbons (Fsp3) is 0.111. The molecular weight excluding hydrogens is 414 g/mol. The number of benzene rings is 2. The first-order chi connectivity index (χ1) is 13.9. The van der Waals surface area contributed by atoms with Crippen LogP contribution in [0.5, 0.6) is 0 Å². The zero-order valence-electron chi connectivity index (χ0n) is 15.2. The van der Waals surface area contributed by atoms with Crippen molar-refractivity contribution in [3.63, 3.8) is 0 Å². The molecule has 29 heavy (non-hydrogen) atoms. The lowest BCUT2D eigenvalue weighted by Gasteiger charge is -2.13. The molecule has 2 N–H and O–H groups in total. The van der Waals surface area contributed by atoms with Crippen molar-refractivity contribution < 1.29 is 8.42 Å². The molecule has 2 aromatic heterocycles. The molecule has 0 aliphatic heterocycles. The number of para-hydroxylation sites is 2. The molecule has 0 aliphatic carbocycles. The maximum absolute atomic E-state index is 12.8. The molecule has 0 atom stereocenters. The van der Waals surface area contributed by atoms with Gasteiger partial charge in [-0.2, -0.15) is 5.10 Å². The molecule has 0 spiro atoms.